The topological polar surface area (TPSA) is 98.2 Å². The van der Waals surface area contributed by atoms with Gasteiger partial charge in [-0.05, 0) is 25.2 Å². The Kier molecular flexibility index (Phi) is 3.75. The van der Waals surface area contributed by atoms with E-state index in [2.05, 4.69) is 0 Å². The van der Waals surface area contributed by atoms with Crippen LogP contribution in [0, 0.1) is 29.5 Å². The minimum Gasteiger partial charge on any atom is -0.466 e. The normalized spacial score (nSPS) is 28.1. The summed E-state index contributed by atoms with van der Waals surface area (Å²) in [5.41, 5.74) is -2.20. The second-order valence-corrected chi connectivity index (χ2v) is 5.70. The first-order valence-electron chi connectivity index (χ1n) is 7.34. The van der Waals surface area contributed by atoms with Gasteiger partial charge in [0.15, 0.2) is 0 Å². The van der Waals surface area contributed by atoms with E-state index in [-0.39, 0.29) is 18.4 Å². The van der Waals surface area contributed by atoms with E-state index in [4.69, 9.17) is 4.74 Å². The van der Waals surface area contributed by atoms with Crippen LogP contribution in [0.5, 0.6) is 0 Å². The van der Waals surface area contributed by atoms with Crippen molar-refractivity contribution in [1.29, 1.82) is 0 Å². The summed E-state index contributed by atoms with van der Waals surface area (Å²) in [6.07, 6.45) is 4.88. The van der Waals surface area contributed by atoms with Gasteiger partial charge in [0.25, 0.3) is 5.56 Å². The Hall–Kier alpha value is -2.51. The third kappa shape index (κ3) is 2.43. The van der Waals surface area contributed by atoms with Crippen molar-refractivity contribution in [3.63, 3.8) is 0 Å². The zero-order valence-corrected chi connectivity index (χ0v) is 12.3. The van der Waals surface area contributed by atoms with Crippen molar-refractivity contribution >= 4 is 11.9 Å². The standard InChI is InChI=1S/C15H15FN2O5/c1-2-23-14(21)11-8-4-3-7(5-8)10(11)13(20)18-6-9(16)12(19)17-15(18)22/h3-4,6-8,10-11H,2,5H2,1H3,(H,17,19,22). The van der Waals surface area contributed by atoms with E-state index in [0.717, 1.165) is 0 Å². The third-order valence-electron chi connectivity index (χ3n) is 4.44. The Bertz CT molecular complexity index is 809. The highest BCUT2D eigenvalue weighted by molar-refractivity contribution is 5.88. The molecule has 2 aliphatic carbocycles. The Morgan fingerprint density at radius 3 is 2.61 bits per heavy atom. The molecule has 8 heteroatoms. The minimum atomic E-state index is -1.23. The largest absolute Gasteiger partial charge is 0.466 e. The molecule has 23 heavy (non-hydrogen) atoms. The fraction of sp³-hybridized carbons (Fsp3) is 0.467. The number of ether oxygens (including phenoxy) is 1. The average molecular weight is 322 g/mol. The number of allylic oxidation sites excluding steroid dienone is 2. The molecular formula is C15H15FN2O5. The van der Waals surface area contributed by atoms with Crippen LogP contribution in [0.3, 0.4) is 0 Å². The molecule has 0 saturated heterocycles. The van der Waals surface area contributed by atoms with Gasteiger partial charge in [0, 0.05) is 0 Å². The maximum absolute atomic E-state index is 13.4. The summed E-state index contributed by atoms with van der Waals surface area (Å²) in [7, 11) is 0. The Balaban J connectivity index is 1.99. The molecule has 1 aromatic rings. The number of halogens is 1. The van der Waals surface area contributed by atoms with Gasteiger partial charge < -0.3 is 4.74 Å². The number of H-pyrrole nitrogens is 1. The van der Waals surface area contributed by atoms with Crippen LogP contribution in [0.15, 0.2) is 27.9 Å². The number of esters is 1. The van der Waals surface area contributed by atoms with Gasteiger partial charge in [-0.1, -0.05) is 12.2 Å². The first kappa shape index (κ1) is 15.4. The van der Waals surface area contributed by atoms with Crippen molar-refractivity contribution in [2.75, 3.05) is 6.61 Å². The van der Waals surface area contributed by atoms with E-state index < -0.39 is 40.8 Å². The zero-order valence-electron chi connectivity index (χ0n) is 12.3. The van der Waals surface area contributed by atoms with E-state index in [0.29, 0.717) is 17.2 Å². The third-order valence-corrected chi connectivity index (χ3v) is 4.44. The summed E-state index contributed by atoms with van der Waals surface area (Å²) in [5.74, 6) is -4.27. The number of nitrogens with one attached hydrogen (secondary N) is 1. The monoisotopic (exact) mass is 322 g/mol. The van der Waals surface area contributed by atoms with Gasteiger partial charge in [-0.15, -0.1) is 0 Å². The molecule has 4 atom stereocenters. The summed E-state index contributed by atoms with van der Waals surface area (Å²) >= 11 is 0. The van der Waals surface area contributed by atoms with Gasteiger partial charge in [-0.25, -0.2) is 9.36 Å². The summed E-state index contributed by atoms with van der Waals surface area (Å²) in [4.78, 5) is 49.4. The van der Waals surface area contributed by atoms with Crippen LogP contribution in [0.1, 0.15) is 18.1 Å². The summed E-state index contributed by atoms with van der Waals surface area (Å²) < 4.78 is 19.0. The van der Waals surface area contributed by atoms with Gasteiger partial charge in [0.05, 0.1) is 24.6 Å². The zero-order chi connectivity index (χ0) is 16.7. The van der Waals surface area contributed by atoms with Gasteiger partial charge >= 0.3 is 11.7 Å². The lowest BCUT2D eigenvalue weighted by Gasteiger charge is -2.25. The van der Waals surface area contributed by atoms with Gasteiger partial charge in [0.1, 0.15) is 0 Å². The lowest BCUT2D eigenvalue weighted by Crippen LogP contribution is -2.43. The number of carbonyl (C=O) groups is 2. The van der Waals surface area contributed by atoms with Crippen molar-refractivity contribution in [2.24, 2.45) is 23.7 Å². The van der Waals surface area contributed by atoms with Crippen LogP contribution < -0.4 is 11.2 Å². The molecule has 2 bridgehead atoms. The predicted octanol–water partition coefficient (Wildman–Crippen LogP) is 0.317. The molecule has 4 unspecified atom stereocenters. The molecule has 1 fully saturated rings. The Morgan fingerprint density at radius 2 is 1.96 bits per heavy atom. The molecule has 1 saturated carbocycles. The van der Waals surface area contributed by atoms with Crippen LogP contribution >= 0.6 is 0 Å². The fourth-order valence-electron chi connectivity index (χ4n) is 3.49. The van der Waals surface area contributed by atoms with Crippen molar-refractivity contribution in [3.05, 3.63) is 45.0 Å². The van der Waals surface area contributed by atoms with E-state index in [9.17, 15) is 23.6 Å². The molecule has 1 heterocycles. The first-order chi connectivity index (χ1) is 10.9. The van der Waals surface area contributed by atoms with E-state index in [1.165, 1.54) is 0 Å². The molecule has 0 amide bonds. The number of rotatable bonds is 3. The van der Waals surface area contributed by atoms with Crippen molar-refractivity contribution in [3.8, 4) is 0 Å². The fourth-order valence-corrected chi connectivity index (χ4v) is 3.49. The SMILES string of the molecule is CCOC(=O)C1C2C=CC(C2)C1C(=O)n1cc(F)c(=O)[nH]c1=O. The molecule has 7 nitrogen and oxygen atoms in total. The highest BCUT2D eigenvalue weighted by atomic mass is 19.1. The summed E-state index contributed by atoms with van der Waals surface area (Å²) in [6.45, 7) is 1.85. The molecular weight excluding hydrogens is 307 g/mol. The Labute approximate surface area is 129 Å². The molecule has 0 radical (unpaired) electrons. The second-order valence-electron chi connectivity index (χ2n) is 5.70. The van der Waals surface area contributed by atoms with Gasteiger partial charge in [-0.3, -0.25) is 19.4 Å². The molecule has 1 aromatic heterocycles. The molecule has 0 aromatic carbocycles. The second kappa shape index (κ2) is 5.60. The van der Waals surface area contributed by atoms with Crippen LogP contribution in [-0.4, -0.2) is 28.0 Å². The van der Waals surface area contributed by atoms with Crippen molar-refractivity contribution in [1.82, 2.24) is 9.55 Å². The van der Waals surface area contributed by atoms with E-state index in [1.807, 2.05) is 12.2 Å². The number of nitrogens with zero attached hydrogens (tertiary/aromatic N) is 1. The lowest BCUT2D eigenvalue weighted by atomic mass is 9.82. The van der Waals surface area contributed by atoms with Crippen molar-refractivity contribution < 1.29 is 18.7 Å². The summed E-state index contributed by atoms with van der Waals surface area (Å²) in [6, 6.07) is 0. The maximum atomic E-state index is 13.4. The van der Waals surface area contributed by atoms with Crippen LogP contribution in [-0.2, 0) is 9.53 Å². The number of fused-ring (bicyclic) bond motifs is 2. The van der Waals surface area contributed by atoms with Crippen molar-refractivity contribution in [2.45, 2.75) is 13.3 Å². The highest BCUT2D eigenvalue weighted by Crippen LogP contribution is 2.48. The van der Waals surface area contributed by atoms with Crippen LogP contribution in [0.2, 0.25) is 0 Å². The molecule has 0 spiro atoms. The number of carbonyl (C=O) groups excluding carboxylic acids is 2. The van der Waals surface area contributed by atoms with Gasteiger partial charge in [-0.2, -0.15) is 4.39 Å². The molecule has 1 N–H and O–H groups in total. The number of hydrogen-bond donors (Lipinski definition) is 1. The quantitative estimate of drug-likeness (QED) is 0.638. The number of hydrogen-bond acceptors (Lipinski definition) is 5. The minimum absolute atomic E-state index is 0.128. The van der Waals surface area contributed by atoms with E-state index in [1.54, 1.807) is 11.9 Å². The lowest BCUT2D eigenvalue weighted by molar-refractivity contribution is -0.150. The highest BCUT2D eigenvalue weighted by Gasteiger charge is 2.52. The first-order valence-corrected chi connectivity index (χ1v) is 7.34. The van der Waals surface area contributed by atoms with Crippen LogP contribution in [0.25, 0.3) is 0 Å². The number of aromatic nitrogens is 2. The average Bonchev–Trinajstić information content (AvgIpc) is 3.11. The van der Waals surface area contributed by atoms with E-state index >= 15 is 0 Å². The predicted molar refractivity (Wildman–Crippen MR) is 76.3 cm³/mol. The maximum Gasteiger partial charge on any atom is 0.335 e. The Morgan fingerprint density at radius 1 is 1.30 bits per heavy atom. The molecule has 2 aliphatic rings. The summed E-state index contributed by atoms with van der Waals surface area (Å²) in [5, 5.41) is 0. The molecule has 122 valence electrons. The molecule has 0 aliphatic heterocycles. The molecule has 3 rings (SSSR count). The van der Waals surface area contributed by atoms with Gasteiger partial charge in [0.2, 0.25) is 11.7 Å². The number of aromatic amines is 1. The smallest absolute Gasteiger partial charge is 0.335 e. The van der Waals surface area contributed by atoms with Crippen LogP contribution in [0.4, 0.5) is 4.39 Å².